The Labute approximate surface area is 223 Å². The zero-order valence-electron chi connectivity index (χ0n) is 22.6. The number of fused-ring (bicyclic) bond motifs is 2. The standard InChI is InChI=1S/C28H32N6O5/c1-5-32-23-14-19(21(29-16-35)15-24(23)33(6-2)28(32)39)25(36)31-11-9-18(10-12-31)34-26(37)20-13-17(3)7-8-22(20)30(4)27(34)38/h7-8,13-16,18H,5-6,9-12H2,1-4H3,(H,29,35). The summed E-state index contributed by atoms with van der Waals surface area (Å²) in [6.07, 6.45) is 1.38. The van der Waals surface area contributed by atoms with Gasteiger partial charge < -0.3 is 10.2 Å². The van der Waals surface area contributed by atoms with E-state index in [4.69, 9.17) is 0 Å². The van der Waals surface area contributed by atoms with E-state index in [0.717, 1.165) is 5.56 Å². The van der Waals surface area contributed by atoms with Gasteiger partial charge in [0.2, 0.25) is 6.41 Å². The Morgan fingerprint density at radius 2 is 1.59 bits per heavy atom. The summed E-state index contributed by atoms with van der Waals surface area (Å²) in [5.74, 6) is -0.284. The molecule has 0 atom stereocenters. The fraction of sp³-hybridized carbons (Fsp3) is 0.393. The van der Waals surface area contributed by atoms with E-state index < -0.39 is 0 Å². The Balaban J connectivity index is 1.48. The van der Waals surface area contributed by atoms with Crippen LogP contribution in [0, 0.1) is 6.92 Å². The highest BCUT2D eigenvalue weighted by atomic mass is 16.2. The average Bonchev–Trinajstić information content (AvgIpc) is 3.20. The van der Waals surface area contributed by atoms with Gasteiger partial charge >= 0.3 is 11.4 Å². The number of aromatic nitrogens is 4. The molecule has 204 valence electrons. The predicted molar refractivity (Wildman–Crippen MR) is 150 cm³/mol. The van der Waals surface area contributed by atoms with Gasteiger partial charge in [-0.3, -0.25) is 32.7 Å². The summed E-state index contributed by atoms with van der Waals surface area (Å²) in [5.41, 5.74) is 2.55. The molecule has 1 saturated heterocycles. The molecule has 3 heterocycles. The number of nitrogens with one attached hydrogen (secondary N) is 1. The van der Waals surface area contributed by atoms with E-state index in [1.54, 1.807) is 45.3 Å². The number of anilines is 1. The minimum Gasteiger partial charge on any atom is -0.338 e. The Kier molecular flexibility index (Phi) is 6.75. The van der Waals surface area contributed by atoms with Crippen molar-refractivity contribution in [1.82, 2.24) is 23.2 Å². The molecule has 1 aliphatic rings. The normalized spacial score (nSPS) is 14.3. The summed E-state index contributed by atoms with van der Waals surface area (Å²) in [6.45, 7) is 7.20. The van der Waals surface area contributed by atoms with Crippen LogP contribution < -0.4 is 22.3 Å². The van der Waals surface area contributed by atoms with E-state index in [1.807, 2.05) is 26.8 Å². The Bertz CT molecular complexity index is 1800. The van der Waals surface area contributed by atoms with E-state index in [1.165, 1.54) is 9.13 Å². The molecule has 0 unspecified atom stereocenters. The van der Waals surface area contributed by atoms with E-state index in [9.17, 15) is 24.0 Å². The number of imidazole rings is 1. The molecule has 1 fully saturated rings. The number of hydrogen-bond donors (Lipinski definition) is 1. The molecule has 39 heavy (non-hydrogen) atoms. The molecule has 2 aromatic carbocycles. The predicted octanol–water partition coefficient (Wildman–Crippen LogP) is 2.21. The minimum atomic E-state index is -0.373. The summed E-state index contributed by atoms with van der Waals surface area (Å²) >= 11 is 0. The maximum Gasteiger partial charge on any atom is 0.331 e. The molecule has 2 aromatic heterocycles. The second kappa shape index (κ2) is 10.0. The molecule has 11 nitrogen and oxygen atoms in total. The summed E-state index contributed by atoms with van der Waals surface area (Å²) < 4.78 is 6.03. The SMILES string of the molecule is CCn1c(=O)n(CC)c2cc(C(=O)N3CCC(n4c(=O)c5cc(C)ccc5n(C)c4=O)CC3)c(NC=O)cc21. The highest BCUT2D eigenvalue weighted by molar-refractivity contribution is 6.05. The monoisotopic (exact) mass is 532 g/mol. The first-order valence-corrected chi connectivity index (χ1v) is 13.2. The summed E-state index contributed by atoms with van der Waals surface area (Å²) in [7, 11) is 1.66. The van der Waals surface area contributed by atoms with Crippen molar-refractivity contribution in [3.63, 3.8) is 0 Å². The molecule has 0 saturated carbocycles. The van der Waals surface area contributed by atoms with Crippen molar-refractivity contribution in [3.05, 3.63) is 72.8 Å². The maximum atomic E-state index is 13.7. The number of rotatable bonds is 6. The highest BCUT2D eigenvalue weighted by Gasteiger charge is 2.29. The van der Waals surface area contributed by atoms with Crippen LogP contribution in [0.25, 0.3) is 21.9 Å². The molecular formula is C28H32N6O5. The largest absolute Gasteiger partial charge is 0.338 e. The van der Waals surface area contributed by atoms with Crippen LogP contribution in [0.15, 0.2) is 44.7 Å². The van der Waals surface area contributed by atoms with Gasteiger partial charge in [-0.05, 0) is 57.9 Å². The smallest absolute Gasteiger partial charge is 0.331 e. The number of piperidine rings is 1. The van der Waals surface area contributed by atoms with Crippen LogP contribution in [-0.4, -0.2) is 48.6 Å². The van der Waals surface area contributed by atoms with Crippen molar-refractivity contribution < 1.29 is 9.59 Å². The molecule has 0 spiro atoms. The number of aryl methyl sites for hydroxylation is 4. The zero-order chi connectivity index (χ0) is 28.0. The van der Waals surface area contributed by atoms with Gasteiger partial charge in [0.15, 0.2) is 0 Å². The van der Waals surface area contributed by atoms with Crippen molar-refractivity contribution in [2.45, 2.75) is 52.7 Å². The van der Waals surface area contributed by atoms with E-state index in [0.29, 0.717) is 73.1 Å². The molecule has 0 bridgehead atoms. The molecular weight excluding hydrogens is 500 g/mol. The Morgan fingerprint density at radius 3 is 2.21 bits per heavy atom. The molecule has 1 N–H and O–H groups in total. The number of amides is 2. The molecule has 1 aliphatic heterocycles. The second-order valence-electron chi connectivity index (χ2n) is 9.98. The summed E-state index contributed by atoms with van der Waals surface area (Å²) in [5, 5.41) is 3.12. The van der Waals surface area contributed by atoms with Crippen LogP contribution in [0.5, 0.6) is 0 Å². The number of benzene rings is 2. The van der Waals surface area contributed by atoms with Crippen molar-refractivity contribution in [2.75, 3.05) is 18.4 Å². The van der Waals surface area contributed by atoms with Crippen LogP contribution in [0.2, 0.25) is 0 Å². The van der Waals surface area contributed by atoms with Crippen LogP contribution in [0.3, 0.4) is 0 Å². The Hall–Kier alpha value is -4.41. The van der Waals surface area contributed by atoms with Crippen LogP contribution in [0.4, 0.5) is 5.69 Å². The van der Waals surface area contributed by atoms with Gasteiger partial charge in [0, 0.05) is 39.3 Å². The van der Waals surface area contributed by atoms with Gasteiger partial charge in [-0.15, -0.1) is 0 Å². The third-order valence-electron chi connectivity index (χ3n) is 7.81. The van der Waals surface area contributed by atoms with E-state index in [2.05, 4.69) is 5.32 Å². The van der Waals surface area contributed by atoms with Gasteiger partial charge in [-0.2, -0.15) is 0 Å². The third-order valence-corrected chi connectivity index (χ3v) is 7.81. The number of carbonyl (C=O) groups is 2. The molecule has 0 radical (unpaired) electrons. The quantitative estimate of drug-likeness (QED) is 0.382. The lowest BCUT2D eigenvalue weighted by Gasteiger charge is -2.33. The van der Waals surface area contributed by atoms with E-state index >= 15 is 0 Å². The molecule has 2 amide bonds. The number of hydrogen-bond acceptors (Lipinski definition) is 5. The highest BCUT2D eigenvalue weighted by Crippen LogP contribution is 2.28. The van der Waals surface area contributed by atoms with Crippen molar-refractivity contribution in [3.8, 4) is 0 Å². The summed E-state index contributed by atoms with van der Waals surface area (Å²) in [4.78, 5) is 66.1. The lowest BCUT2D eigenvalue weighted by atomic mass is 10.0. The maximum absolute atomic E-state index is 13.7. The molecule has 11 heteroatoms. The van der Waals surface area contributed by atoms with E-state index in [-0.39, 0.29) is 34.5 Å². The number of carbonyl (C=O) groups excluding carboxylic acids is 2. The third kappa shape index (κ3) is 4.18. The first-order valence-electron chi connectivity index (χ1n) is 13.2. The van der Waals surface area contributed by atoms with Gasteiger partial charge in [-0.25, -0.2) is 9.59 Å². The van der Waals surface area contributed by atoms with Gasteiger partial charge in [-0.1, -0.05) is 11.6 Å². The summed E-state index contributed by atoms with van der Waals surface area (Å²) in [6, 6.07) is 8.44. The van der Waals surface area contributed by atoms with Crippen molar-refractivity contribution >= 4 is 39.9 Å². The van der Waals surface area contributed by atoms with Crippen molar-refractivity contribution in [2.24, 2.45) is 7.05 Å². The first-order chi connectivity index (χ1) is 18.7. The Morgan fingerprint density at radius 1 is 0.949 bits per heavy atom. The molecule has 5 rings (SSSR count). The molecule has 4 aromatic rings. The van der Waals surface area contributed by atoms with Crippen LogP contribution >= 0.6 is 0 Å². The zero-order valence-corrected chi connectivity index (χ0v) is 22.6. The van der Waals surface area contributed by atoms with Crippen molar-refractivity contribution in [1.29, 1.82) is 0 Å². The number of nitrogens with zero attached hydrogens (tertiary/aromatic N) is 5. The van der Waals surface area contributed by atoms with Crippen LogP contribution in [0.1, 0.15) is 48.7 Å². The topological polar surface area (TPSA) is 120 Å². The second-order valence-corrected chi connectivity index (χ2v) is 9.98. The van der Waals surface area contributed by atoms with Gasteiger partial charge in [0.05, 0.1) is 33.2 Å². The lowest BCUT2D eigenvalue weighted by molar-refractivity contribution is -0.105. The number of likely N-dealkylation sites (tertiary alicyclic amines) is 1. The van der Waals surface area contributed by atoms with Crippen LogP contribution in [-0.2, 0) is 24.9 Å². The van der Waals surface area contributed by atoms with Gasteiger partial charge in [0.1, 0.15) is 0 Å². The fourth-order valence-corrected chi connectivity index (χ4v) is 5.75. The average molecular weight is 533 g/mol. The lowest BCUT2D eigenvalue weighted by Crippen LogP contribution is -2.46. The minimum absolute atomic E-state index is 0.171. The first kappa shape index (κ1) is 26.2. The van der Waals surface area contributed by atoms with Gasteiger partial charge in [0.25, 0.3) is 11.5 Å². The fourth-order valence-electron chi connectivity index (χ4n) is 5.75. The molecule has 0 aliphatic carbocycles.